The number of fused-ring (bicyclic) bond motifs is 1. The van der Waals surface area contributed by atoms with Crippen molar-refractivity contribution in [3.63, 3.8) is 0 Å². The summed E-state index contributed by atoms with van der Waals surface area (Å²) in [6.45, 7) is 0. The summed E-state index contributed by atoms with van der Waals surface area (Å²) in [6.07, 6.45) is 1.49. The van der Waals surface area contributed by atoms with Crippen molar-refractivity contribution in [1.82, 2.24) is 4.98 Å². The second kappa shape index (κ2) is 6.12. The van der Waals surface area contributed by atoms with E-state index in [0.717, 1.165) is 16.0 Å². The van der Waals surface area contributed by atoms with E-state index in [4.69, 9.17) is 27.9 Å². The Hall–Kier alpha value is -1.82. The zero-order valence-corrected chi connectivity index (χ0v) is 13.7. The molecule has 0 atom stereocenters. The minimum absolute atomic E-state index is 0.0578. The third kappa shape index (κ3) is 3.02. The van der Waals surface area contributed by atoms with Crippen LogP contribution in [0.15, 0.2) is 35.3 Å². The molecule has 0 fully saturated rings. The monoisotopic (exact) mass is 352 g/mol. The number of hydrogen-bond donors (Lipinski definition) is 1. The molecule has 0 bridgehead atoms. The van der Waals surface area contributed by atoms with Crippen LogP contribution in [0.5, 0.6) is 11.5 Å². The normalized spacial score (nSPS) is 11.4. The van der Waals surface area contributed by atoms with Gasteiger partial charge in [0.05, 0.1) is 22.3 Å². The molecule has 2 aromatic carbocycles. The molecule has 3 rings (SSSR count). The second-order valence-corrected chi connectivity index (χ2v) is 6.27. The van der Waals surface area contributed by atoms with Crippen LogP contribution in [0.3, 0.4) is 0 Å². The van der Waals surface area contributed by atoms with Crippen LogP contribution in [0.2, 0.25) is 10.0 Å². The van der Waals surface area contributed by atoms with Crippen molar-refractivity contribution in [2.45, 2.75) is 0 Å². The summed E-state index contributed by atoms with van der Waals surface area (Å²) in [5, 5.41) is 11.1. The van der Waals surface area contributed by atoms with Gasteiger partial charge in [-0.1, -0.05) is 34.5 Å². The van der Waals surface area contributed by atoms with Crippen LogP contribution >= 0.6 is 34.5 Å². The fraction of sp³-hybridized carbons (Fsp3) is 0.0667. The first-order valence-corrected chi connectivity index (χ1v) is 7.81. The van der Waals surface area contributed by atoms with Gasteiger partial charge in [0.2, 0.25) is 5.13 Å². The molecule has 0 amide bonds. The average molecular weight is 353 g/mol. The maximum Gasteiger partial charge on any atom is 0.210 e. The molecule has 0 radical (unpaired) electrons. The molecule has 0 aliphatic heterocycles. The van der Waals surface area contributed by atoms with Crippen molar-refractivity contribution in [2.24, 2.45) is 4.99 Å². The highest BCUT2D eigenvalue weighted by molar-refractivity contribution is 7.22. The molecule has 0 aliphatic carbocycles. The van der Waals surface area contributed by atoms with Crippen LogP contribution in [-0.2, 0) is 0 Å². The molecular weight excluding hydrogens is 343 g/mol. The third-order valence-corrected chi connectivity index (χ3v) is 4.39. The van der Waals surface area contributed by atoms with Gasteiger partial charge in [0.15, 0.2) is 0 Å². The molecule has 22 heavy (non-hydrogen) atoms. The van der Waals surface area contributed by atoms with Crippen LogP contribution in [0.1, 0.15) is 5.56 Å². The number of phenols is 1. The first kappa shape index (κ1) is 15.1. The molecule has 112 valence electrons. The van der Waals surface area contributed by atoms with Crippen LogP contribution < -0.4 is 4.74 Å². The van der Waals surface area contributed by atoms with Crippen molar-refractivity contribution < 1.29 is 9.84 Å². The molecule has 0 aliphatic rings. The Labute approximate surface area is 140 Å². The summed E-state index contributed by atoms with van der Waals surface area (Å²) in [5.74, 6) is 0.712. The highest BCUT2D eigenvalue weighted by Gasteiger charge is 2.07. The van der Waals surface area contributed by atoms with Gasteiger partial charge >= 0.3 is 0 Å². The van der Waals surface area contributed by atoms with Gasteiger partial charge in [0.1, 0.15) is 11.5 Å². The van der Waals surface area contributed by atoms with Crippen LogP contribution in [0.4, 0.5) is 5.13 Å². The standard InChI is InChI=1S/C15H10Cl2N2O2S/c1-21-10-2-3-12-13(6-10)22-15(19-12)18-7-8-4-9(16)5-11(17)14(8)20/h2-7,20H,1H3. The van der Waals surface area contributed by atoms with E-state index in [1.807, 2.05) is 18.2 Å². The zero-order valence-electron chi connectivity index (χ0n) is 11.4. The molecule has 1 N–H and O–H groups in total. The zero-order chi connectivity index (χ0) is 15.7. The Morgan fingerprint density at radius 3 is 2.86 bits per heavy atom. The van der Waals surface area contributed by atoms with Crippen LogP contribution in [0, 0.1) is 0 Å². The highest BCUT2D eigenvalue weighted by Crippen LogP contribution is 2.33. The SMILES string of the molecule is COc1ccc2nc(N=Cc3cc(Cl)cc(Cl)c3O)sc2c1. The number of rotatable bonds is 3. The lowest BCUT2D eigenvalue weighted by Crippen LogP contribution is -1.83. The van der Waals surface area contributed by atoms with Crippen molar-refractivity contribution in [2.75, 3.05) is 7.11 Å². The number of aromatic hydroxyl groups is 1. The van der Waals surface area contributed by atoms with Gasteiger partial charge in [-0.2, -0.15) is 0 Å². The van der Waals surface area contributed by atoms with Crippen LogP contribution in [-0.4, -0.2) is 23.4 Å². The number of hydrogen-bond acceptors (Lipinski definition) is 5. The molecule has 3 aromatic rings. The molecular formula is C15H10Cl2N2O2S. The maximum atomic E-state index is 9.89. The highest BCUT2D eigenvalue weighted by atomic mass is 35.5. The van der Waals surface area contributed by atoms with E-state index in [1.54, 1.807) is 13.2 Å². The summed E-state index contributed by atoms with van der Waals surface area (Å²) in [4.78, 5) is 8.67. The lowest BCUT2D eigenvalue weighted by molar-refractivity contribution is 0.415. The third-order valence-electron chi connectivity index (χ3n) is 2.96. The Morgan fingerprint density at radius 1 is 1.27 bits per heavy atom. The number of aromatic nitrogens is 1. The molecule has 1 aromatic heterocycles. The van der Waals surface area contributed by atoms with Gasteiger partial charge in [-0.15, -0.1) is 0 Å². The van der Waals surface area contributed by atoms with Crippen molar-refractivity contribution in [3.8, 4) is 11.5 Å². The summed E-state index contributed by atoms with van der Waals surface area (Å²) >= 11 is 13.2. The summed E-state index contributed by atoms with van der Waals surface area (Å²) in [7, 11) is 1.62. The Balaban J connectivity index is 1.96. The number of halogens is 2. The quantitative estimate of drug-likeness (QED) is 0.669. The van der Waals surface area contributed by atoms with E-state index >= 15 is 0 Å². The lowest BCUT2D eigenvalue weighted by Gasteiger charge is -2.01. The second-order valence-electron chi connectivity index (χ2n) is 4.41. The number of thiazole rings is 1. The minimum Gasteiger partial charge on any atom is -0.506 e. The lowest BCUT2D eigenvalue weighted by atomic mass is 10.2. The first-order valence-electron chi connectivity index (χ1n) is 6.23. The van der Waals surface area contributed by atoms with Gasteiger partial charge in [-0.05, 0) is 30.3 Å². The summed E-state index contributed by atoms with van der Waals surface area (Å²) in [6, 6.07) is 8.68. The predicted octanol–water partition coefficient (Wildman–Crippen LogP) is 5.07. The van der Waals surface area contributed by atoms with E-state index in [9.17, 15) is 5.11 Å². The van der Waals surface area contributed by atoms with Gasteiger partial charge in [0, 0.05) is 16.8 Å². The Kier molecular flexibility index (Phi) is 4.20. The van der Waals surface area contributed by atoms with Gasteiger partial charge in [-0.3, -0.25) is 0 Å². The largest absolute Gasteiger partial charge is 0.506 e. The Morgan fingerprint density at radius 2 is 2.09 bits per heavy atom. The molecule has 1 heterocycles. The molecule has 0 saturated carbocycles. The fourth-order valence-electron chi connectivity index (χ4n) is 1.88. The van der Waals surface area contributed by atoms with E-state index in [0.29, 0.717) is 15.7 Å². The van der Waals surface area contributed by atoms with Crippen molar-refractivity contribution in [1.29, 1.82) is 0 Å². The topological polar surface area (TPSA) is 54.7 Å². The maximum absolute atomic E-state index is 9.89. The number of methoxy groups -OCH3 is 1. The van der Waals surface area contributed by atoms with E-state index in [2.05, 4.69) is 9.98 Å². The average Bonchev–Trinajstić information content (AvgIpc) is 2.91. The van der Waals surface area contributed by atoms with Gasteiger partial charge < -0.3 is 9.84 Å². The molecule has 0 saturated heterocycles. The molecule has 4 nitrogen and oxygen atoms in total. The van der Waals surface area contributed by atoms with Crippen molar-refractivity contribution >= 4 is 56.1 Å². The minimum atomic E-state index is -0.0578. The molecule has 7 heteroatoms. The molecule has 0 spiro atoms. The first-order chi connectivity index (χ1) is 10.6. The van der Waals surface area contributed by atoms with E-state index in [-0.39, 0.29) is 10.8 Å². The van der Waals surface area contributed by atoms with Crippen LogP contribution in [0.25, 0.3) is 10.2 Å². The smallest absolute Gasteiger partial charge is 0.210 e. The predicted molar refractivity (Wildman–Crippen MR) is 91.6 cm³/mol. The number of aliphatic imine (C=N–C) groups is 1. The number of phenolic OH excluding ortho intramolecular Hbond substituents is 1. The summed E-state index contributed by atoms with van der Waals surface area (Å²) < 4.78 is 6.15. The van der Waals surface area contributed by atoms with E-state index < -0.39 is 0 Å². The molecule has 0 unspecified atom stereocenters. The summed E-state index contributed by atoms with van der Waals surface area (Å²) in [5.41, 5.74) is 1.28. The number of nitrogens with zero attached hydrogens (tertiary/aromatic N) is 2. The van der Waals surface area contributed by atoms with E-state index in [1.165, 1.54) is 23.6 Å². The number of benzene rings is 2. The Bertz CT molecular complexity index is 877. The number of ether oxygens (including phenoxy) is 1. The van der Waals surface area contributed by atoms with Gasteiger partial charge in [-0.25, -0.2) is 9.98 Å². The van der Waals surface area contributed by atoms with Crippen molar-refractivity contribution in [3.05, 3.63) is 45.9 Å². The fourth-order valence-corrected chi connectivity index (χ4v) is 3.23. The van der Waals surface area contributed by atoms with Gasteiger partial charge in [0.25, 0.3) is 0 Å².